The van der Waals surface area contributed by atoms with Crippen LogP contribution in [0, 0.1) is 5.82 Å². The van der Waals surface area contributed by atoms with E-state index in [2.05, 4.69) is 4.98 Å². The topological polar surface area (TPSA) is 95.7 Å². The molecule has 0 unspecified atom stereocenters. The van der Waals surface area contributed by atoms with Gasteiger partial charge in [0.1, 0.15) is 11.3 Å². The van der Waals surface area contributed by atoms with E-state index < -0.39 is 10.0 Å². The molecule has 9 heteroatoms. The lowest BCUT2D eigenvalue weighted by Crippen LogP contribution is -2.25. The second kappa shape index (κ2) is 6.88. The quantitative estimate of drug-likeness (QED) is 0.519. The van der Waals surface area contributed by atoms with Crippen LogP contribution < -0.4 is 4.31 Å². The van der Waals surface area contributed by atoms with E-state index in [4.69, 9.17) is 0 Å². The molecule has 0 aliphatic carbocycles. The van der Waals surface area contributed by atoms with E-state index in [-0.39, 0.29) is 28.3 Å². The van der Waals surface area contributed by atoms with Crippen molar-refractivity contribution >= 4 is 37.4 Å². The first-order valence-corrected chi connectivity index (χ1v) is 10.9. The molecule has 0 aliphatic rings. The fourth-order valence-electron chi connectivity index (χ4n) is 3.61. The van der Waals surface area contributed by atoms with Crippen molar-refractivity contribution in [3.8, 4) is 11.6 Å². The maximum atomic E-state index is 13.2. The van der Waals surface area contributed by atoms with Gasteiger partial charge in [-0.05, 0) is 35.7 Å². The molecule has 0 spiro atoms. The van der Waals surface area contributed by atoms with E-state index in [0.29, 0.717) is 22.9 Å². The minimum absolute atomic E-state index is 0.134. The number of phenolic OH excluding ortho intramolecular Hbond substituents is 1. The zero-order chi connectivity index (χ0) is 21.8. The maximum Gasteiger partial charge on any atom is 0.232 e. The summed E-state index contributed by atoms with van der Waals surface area (Å²) < 4.78 is 40.4. The van der Waals surface area contributed by atoms with Crippen LogP contribution in [0.1, 0.15) is 11.1 Å². The third kappa shape index (κ3) is 3.21. The number of fused-ring (bicyclic) bond motifs is 2. The Kier molecular flexibility index (Phi) is 4.58. The first-order valence-electron chi connectivity index (χ1n) is 9.08. The second-order valence-corrected chi connectivity index (χ2v) is 9.34. The summed E-state index contributed by atoms with van der Waals surface area (Å²) in [7, 11) is -0.632. The molecule has 0 fully saturated rings. The number of pyridine rings is 1. The van der Waals surface area contributed by atoms with Crippen LogP contribution in [0.5, 0.6) is 11.6 Å². The van der Waals surface area contributed by atoms with Crippen molar-refractivity contribution in [2.24, 2.45) is 7.05 Å². The summed E-state index contributed by atoms with van der Waals surface area (Å²) >= 11 is 0. The van der Waals surface area contributed by atoms with Crippen LogP contribution in [0.25, 0.3) is 21.7 Å². The van der Waals surface area contributed by atoms with Gasteiger partial charge in [-0.2, -0.15) is 0 Å². The minimum Gasteiger partial charge on any atom is -0.505 e. The molecule has 7 nitrogen and oxygen atoms in total. The lowest BCUT2D eigenvalue weighted by molar-refractivity contribution is 0.432. The number of phenols is 1. The molecule has 0 bridgehead atoms. The highest BCUT2D eigenvalue weighted by molar-refractivity contribution is 7.92. The van der Waals surface area contributed by atoms with Crippen molar-refractivity contribution < 1.29 is 23.0 Å². The average molecular weight is 429 g/mol. The maximum absolute atomic E-state index is 13.2. The summed E-state index contributed by atoms with van der Waals surface area (Å²) in [5.41, 5.74) is 2.11. The lowest BCUT2D eigenvalue weighted by atomic mass is 10.0. The number of aromatic nitrogens is 2. The largest absolute Gasteiger partial charge is 0.505 e. The number of hydrogen-bond donors (Lipinski definition) is 2. The lowest BCUT2D eigenvalue weighted by Gasteiger charge is -2.21. The molecular weight excluding hydrogens is 409 g/mol. The van der Waals surface area contributed by atoms with E-state index in [9.17, 15) is 23.0 Å². The van der Waals surface area contributed by atoms with Gasteiger partial charge >= 0.3 is 0 Å². The highest BCUT2D eigenvalue weighted by Gasteiger charge is 2.25. The standard InChI is InChI=1S/C21H20FN3O4S/c1-24-11-16-17(21(24)27)20(26)18-15(19(16)25(2)30(3,28)29)9-13(10-23-18)8-12-4-6-14(22)7-5-12/h4-7,9-11,26-27H,8H2,1-3H3. The Labute approximate surface area is 172 Å². The normalized spacial score (nSPS) is 12.0. The van der Waals surface area contributed by atoms with Crippen molar-refractivity contribution in [2.75, 3.05) is 17.6 Å². The average Bonchev–Trinajstić information content (AvgIpc) is 2.97. The molecule has 0 amide bonds. The van der Waals surface area contributed by atoms with Gasteiger partial charge in [0.05, 0.1) is 17.3 Å². The van der Waals surface area contributed by atoms with Crippen LogP contribution in [0.4, 0.5) is 10.1 Å². The molecule has 0 saturated heterocycles. The Morgan fingerprint density at radius 2 is 1.80 bits per heavy atom. The molecule has 0 atom stereocenters. The zero-order valence-corrected chi connectivity index (χ0v) is 17.4. The van der Waals surface area contributed by atoms with Gasteiger partial charge in [-0.15, -0.1) is 0 Å². The van der Waals surface area contributed by atoms with Gasteiger partial charge in [-0.3, -0.25) is 9.29 Å². The van der Waals surface area contributed by atoms with Crippen molar-refractivity contribution in [2.45, 2.75) is 6.42 Å². The summed E-state index contributed by atoms with van der Waals surface area (Å²) in [6.07, 6.45) is 4.66. The van der Waals surface area contributed by atoms with Crippen LogP contribution in [0.15, 0.2) is 42.7 Å². The molecule has 0 aliphatic heterocycles. The molecule has 4 aromatic rings. The van der Waals surface area contributed by atoms with Crippen molar-refractivity contribution in [3.05, 3.63) is 59.7 Å². The molecule has 156 valence electrons. The molecule has 30 heavy (non-hydrogen) atoms. The number of hydrogen-bond acceptors (Lipinski definition) is 5. The molecule has 0 saturated carbocycles. The van der Waals surface area contributed by atoms with Crippen LogP contribution in [-0.4, -0.2) is 41.5 Å². The van der Waals surface area contributed by atoms with Crippen LogP contribution in [0.3, 0.4) is 0 Å². The van der Waals surface area contributed by atoms with Gasteiger partial charge in [-0.25, -0.2) is 12.8 Å². The molecule has 2 N–H and O–H groups in total. The van der Waals surface area contributed by atoms with Crippen molar-refractivity contribution in [1.82, 2.24) is 9.55 Å². The van der Waals surface area contributed by atoms with Gasteiger partial charge in [0.25, 0.3) is 0 Å². The third-order valence-electron chi connectivity index (χ3n) is 5.20. The molecule has 4 rings (SSSR count). The predicted octanol–water partition coefficient (Wildman–Crippen LogP) is 3.26. The van der Waals surface area contributed by atoms with E-state index in [1.807, 2.05) is 0 Å². The highest BCUT2D eigenvalue weighted by Crippen LogP contribution is 2.46. The third-order valence-corrected chi connectivity index (χ3v) is 6.38. The Balaban J connectivity index is 2.02. The smallest absolute Gasteiger partial charge is 0.232 e. The van der Waals surface area contributed by atoms with Crippen LogP contribution in [0.2, 0.25) is 0 Å². The summed E-state index contributed by atoms with van der Waals surface area (Å²) in [6.45, 7) is 0. The number of sulfonamides is 1. The second-order valence-electron chi connectivity index (χ2n) is 7.32. The van der Waals surface area contributed by atoms with Gasteiger partial charge in [0.2, 0.25) is 15.9 Å². The summed E-state index contributed by atoms with van der Waals surface area (Å²) in [6, 6.07) is 7.83. The monoisotopic (exact) mass is 429 g/mol. The first-order chi connectivity index (χ1) is 14.1. The first kappa shape index (κ1) is 20.0. The van der Waals surface area contributed by atoms with Gasteiger partial charge in [-0.1, -0.05) is 12.1 Å². The van der Waals surface area contributed by atoms with Crippen LogP contribution >= 0.6 is 0 Å². The Hall–Kier alpha value is -3.33. The molecule has 2 aromatic carbocycles. The Morgan fingerprint density at radius 3 is 2.43 bits per heavy atom. The Bertz CT molecular complexity index is 1400. The fraction of sp³-hybridized carbons (Fsp3) is 0.190. The minimum atomic E-state index is -3.64. The van der Waals surface area contributed by atoms with E-state index >= 15 is 0 Å². The number of nitrogens with zero attached hydrogens (tertiary/aromatic N) is 3. The molecule has 0 radical (unpaired) electrons. The molecule has 2 heterocycles. The van der Waals surface area contributed by atoms with Gasteiger partial charge in [0, 0.05) is 37.3 Å². The van der Waals surface area contributed by atoms with Crippen molar-refractivity contribution in [1.29, 1.82) is 0 Å². The number of halogens is 1. The van der Waals surface area contributed by atoms with E-state index in [1.165, 1.54) is 23.7 Å². The number of benzene rings is 2. The zero-order valence-electron chi connectivity index (χ0n) is 16.6. The van der Waals surface area contributed by atoms with Gasteiger partial charge in [0.15, 0.2) is 5.75 Å². The molecule has 2 aromatic heterocycles. The summed E-state index contributed by atoms with van der Waals surface area (Å²) in [5, 5.41) is 22.1. The number of aromatic hydroxyl groups is 2. The number of anilines is 1. The predicted molar refractivity (Wildman–Crippen MR) is 114 cm³/mol. The number of aryl methyl sites for hydroxylation is 1. The SMILES string of the molecule is CN(c1c2cc(Cc3ccc(F)cc3)cnc2c(O)c2c(O)n(C)cc12)S(C)(=O)=O. The van der Waals surface area contributed by atoms with E-state index in [1.54, 1.807) is 37.6 Å². The van der Waals surface area contributed by atoms with Gasteiger partial charge < -0.3 is 14.8 Å². The number of rotatable bonds is 4. The fourth-order valence-corrected chi connectivity index (χ4v) is 4.14. The summed E-state index contributed by atoms with van der Waals surface area (Å²) in [5.74, 6) is -0.745. The van der Waals surface area contributed by atoms with Crippen LogP contribution in [-0.2, 0) is 23.5 Å². The Morgan fingerprint density at radius 1 is 1.13 bits per heavy atom. The van der Waals surface area contributed by atoms with Crippen molar-refractivity contribution in [3.63, 3.8) is 0 Å². The van der Waals surface area contributed by atoms with E-state index in [0.717, 1.165) is 21.7 Å². The molecular formula is C21H20FN3O4S. The highest BCUT2D eigenvalue weighted by atomic mass is 32.2. The summed E-state index contributed by atoms with van der Waals surface area (Å²) in [4.78, 5) is 4.35.